The number of fused-ring (bicyclic) bond motifs is 1. The third-order valence-electron chi connectivity index (χ3n) is 6.91. The summed E-state index contributed by atoms with van der Waals surface area (Å²) in [5, 5.41) is 15.9. The Balaban J connectivity index is 1.76. The third kappa shape index (κ3) is 2.75. The van der Waals surface area contributed by atoms with E-state index < -0.39 is 23.2 Å². The minimum absolute atomic E-state index is 0.0127. The van der Waals surface area contributed by atoms with Crippen molar-refractivity contribution in [3.8, 4) is 11.1 Å². The molecule has 6 nitrogen and oxygen atoms in total. The molecule has 1 N–H and O–H groups in total. The number of azo groups is 1. The van der Waals surface area contributed by atoms with Gasteiger partial charge in [-0.2, -0.15) is 15.3 Å². The largest absolute Gasteiger partial charge is 0.359 e. The number of rotatable bonds is 3. The van der Waals surface area contributed by atoms with Crippen LogP contribution in [-0.4, -0.2) is 27.9 Å². The number of benzene rings is 1. The van der Waals surface area contributed by atoms with Gasteiger partial charge < -0.3 is 5.32 Å². The van der Waals surface area contributed by atoms with Crippen LogP contribution in [0.3, 0.4) is 0 Å². The number of halogens is 1. The Morgan fingerprint density at radius 1 is 1.29 bits per heavy atom. The standard InChI is InChI=1S/C24H26FN5O/c1-5-24(16-8-6-7-14(9-16)15-11-27-30(4)13-15)17-12-26-29-22(17)28-20-19(24)18(31)10-23(2,3)21(20)25/h6-9,11-13,21-22,28H,5,10H2,1-4H3/t21-,22?,24-/m0/s1. The van der Waals surface area contributed by atoms with Crippen LogP contribution in [0.1, 0.15) is 39.2 Å². The highest BCUT2D eigenvalue weighted by Crippen LogP contribution is 2.54. The van der Waals surface area contributed by atoms with E-state index in [2.05, 4.69) is 26.7 Å². The van der Waals surface area contributed by atoms with Gasteiger partial charge in [0.15, 0.2) is 11.9 Å². The average molecular weight is 420 g/mol. The lowest BCUT2D eigenvalue weighted by Crippen LogP contribution is -2.55. The fourth-order valence-electron chi connectivity index (χ4n) is 5.34. The number of carbonyl (C=O) groups excluding carboxylic acids is 1. The second-order valence-electron chi connectivity index (χ2n) is 9.34. The molecule has 1 unspecified atom stereocenters. The predicted octanol–water partition coefficient (Wildman–Crippen LogP) is 4.61. The van der Waals surface area contributed by atoms with Crippen molar-refractivity contribution in [1.29, 1.82) is 0 Å². The van der Waals surface area contributed by atoms with Crippen molar-refractivity contribution in [2.45, 2.75) is 51.4 Å². The summed E-state index contributed by atoms with van der Waals surface area (Å²) >= 11 is 0. The first-order chi connectivity index (χ1) is 14.8. The molecule has 0 saturated carbocycles. The molecule has 5 rings (SSSR count). The van der Waals surface area contributed by atoms with Crippen LogP contribution in [0.2, 0.25) is 0 Å². The maximum Gasteiger partial charge on any atom is 0.164 e. The van der Waals surface area contributed by atoms with Crippen molar-refractivity contribution >= 4 is 5.78 Å². The highest BCUT2D eigenvalue weighted by molar-refractivity contribution is 6.02. The van der Waals surface area contributed by atoms with E-state index in [-0.39, 0.29) is 12.2 Å². The van der Waals surface area contributed by atoms with Crippen molar-refractivity contribution in [1.82, 2.24) is 15.1 Å². The van der Waals surface area contributed by atoms with E-state index in [0.29, 0.717) is 17.7 Å². The van der Waals surface area contributed by atoms with E-state index in [9.17, 15) is 4.79 Å². The highest BCUT2D eigenvalue weighted by atomic mass is 19.1. The summed E-state index contributed by atoms with van der Waals surface area (Å²) in [7, 11) is 1.88. The number of ketones is 1. The van der Waals surface area contributed by atoms with Gasteiger partial charge in [0.1, 0.15) is 6.17 Å². The molecule has 1 aromatic heterocycles. The molecule has 0 bridgehead atoms. The zero-order valence-electron chi connectivity index (χ0n) is 18.2. The van der Waals surface area contributed by atoms with Gasteiger partial charge in [-0.15, -0.1) is 0 Å². The molecule has 7 heteroatoms. The second kappa shape index (κ2) is 6.70. The molecule has 1 aliphatic carbocycles. The molecule has 0 amide bonds. The number of Topliss-reactive ketones (excluding diaryl/α,β-unsaturated/α-hetero) is 1. The summed E-state index contributed by atoms with van der Waals surface area (Å²) in [6.45, 7) is 5.65. The van der Waals surface area contributed by atoms with Crippen molar-refractivity contribution in [2.24, 2.45) is 22.7 Å². The van der Waals surface area contributed by atoms with Gasteiger partial charge >= 0.3 is 0 Å². The summed E-state index contributed by atoms with van der Waals surface area (Å²) in [6.07, 6.45) is 4.56. The van der Waals surface area contributed by atoms with E-state index in [1.807, 2.05) is 44.6 Å². The van der Waals surface area contributed by atoms with Crippen LogP contribution in [-0.2, 0) is 17.3 Å². The molecule has 0 radical (unpaired) electrons. The lowest BCUT2D eigenvalue weighted by molar-refractivity contribution is -0.120. The SMILES string of the molecule is CC[C@]1(c2cccc(-c3cnn(C)c3)c2)C2=CN=NC2NC2=C1C(=O)CC(C)(C)[C@H]2F. The van der Waals surface area contributed by atoms with E-state index in [1.54, 1.807) is 24.7 Å². The number of allylic oxidation sites excluding steroid dienone is 2. The van der Waals surface area contributed by atoms with E-state index in [0.717, 1.165) is 22.3 Å². The second-order valence-corrected chi connectivity index (χ2v) is 9.34. The molecule has 3 atom stereocenters. The lowest BCUT2D eigenvalue weighted by atomic mass is 9.58. The topological polar surface area (TPSA) is 71.6 Å². The van der Waals surface area contributed by atoms with Crippen LogP contribution in [0, 0.1) is 5.41 Å². The van der Waals surface area contributed by atoms with Gasteiger partial charge in [0.25, 0.3) is 0 Å². The zero-order chi connectivity index (χ0) is 22.0. The Morgan fingerprint density at radius 3 is 2.81 bits per heavy atom. The smallest absolute Gasteiger partial charge is 0.164 e. The third-order valence-corrected chi connectivity index (χ3v) is 6.91. The summed E-state index contributed by atoms with van der Waals surface area (Å²) in [5.41, 5.74) is 3.21. The number of carbonyl (C=O) groups is 1. The molecule has 2 aromatic rings. The fraction of sp³-hybridized carbons (Fsp3) is 0.417. The van der Waals surface area contributed by atoms with Crippen molar-refractivity contribution in [2.75, 3.05) is 0 Å². The monoisotopic (exact) mass is 419 g/mol. The minimum Gasteiger partial charge on any atom is -0.359 e. The van der Waals surface area contributed by atoms with Gasteiger partial charge in [-0.25, -0.2) is 4.39 Å². The molecule has 0 saturated heterocycles. The minimum atomic E-state index is -1.27. The van der Waals surface area contributed by atoms with Crippen LogP contribution >= 0.6 is 0 Å². The molecule has 31 heavy (non-hydrogen) atoms. The van der Waals surface area contributed by atoms with Gasteiger partial charge in [-0.1, -0.05) is 39.0 Å². The molecule has 160 valence electrons. The quantitative estimate of drug-likeness (QED) is 0.790. The number of nitrogens with zero attached hydrogens (tertiary/aromatic N) is 4. The van der Waals surface area contributed by atoms with Gasteiger partial charge in [-0.05, 0) is 23.6 Å². The van der Waals surface area contributed by atoms with Gasteiger partial charge in [-0.3, -0.25) is 9.48 Å². The van der Waals surface area contributed by atoms with Gasteiger partial charge in [0, 0.05) is 41.8 Å². The number of hydrogen-bond acceptors (Lipinski definition) is 5. The van der Waals surface area contributed by atoms with E-state index >= 15 is 4.39 Å². The first kappa shape index (κ1) is 19.8. The van der Waals surface area contributed by atoms with Crippen molar-refractivity contribution < 1.29 is 9.18 Å². The van der Waals surface area contributed by atoms with Gasteiger partial charge in [0.05, 0.1) is 23.5 Å². The summed E-state index contributed by atoms with van der Waals surface area (Å²) in [5.74, 6) is -0.0127. The molecule has 1 aromatic carbocycles. The van der Waals surface area contributed by atoms with Crippen molar-refractivity contribution in [3.05, 3.63) is 65.3 Å². The molecule has 2 aliphatic heterocycles. The van der Waals surface area contributed by atoms with Gasteiger partial charge in [0.2, 0.25) is 0 Å². The molecule has 3 aliphatic rings. The summed E-state index contributed by atoms with van der Waals surface area (Å²) in [4.78, 5) is 13.5. The average Bonchev–Trinajstić information content (AvgIpc) is 3.39. The lowest BCUT2D eigenvalue weighted by Gasteiger charge is -2.49. The number of aromatic nitrogens is 2. The predicted molar refractivity (Wildman–Crippen MR) is 116 cm³/mol. The molecular formula is C24H26FN5O. The van der Waals surface area contributed by atoms with Crippen LogP contribution in [0.5, 0.6) is 0 Å². The number of aryl methyl sites for hydroxylation is 1. The number of hydrogen-bond donors (Lipinski definition) is 1. The Labute approximate surface area is 180 Å². The maximum absolute atomic E-state index is 15.7. The summed E-state index contributed by atoms with van der Waals surface area (Å²) in [6, 6.07) is 8.13. The highest BCUT2D eigenvalue weighted by Gasteiger charge is 2.56. The first-order valence-corrected chi connectivity index (χ1v) is 10.7. The van der Waals surface area contributed by atoms with Crippen LogP contribution in [0.4, 0.5) is 4.39 Å². The van der Waals surface area contributed by atoms with Crippen LogP contribution in [0.25, 0.3) is 11.1 Å². The number of alkyl halides is 1. The van der Waals surface area contributed by atoms with E-state index in [4.69, 9.17) is 0 Å². The Morgan fingerprint density at radius 2 is 2.10 bits per heavy atom. The Bertz CT molecular complexity index is 1170. The van der Waals surface area contributed by atoms with Crippen LogP contribution < -0.4 is 5.32 Å². The number of nitrogens with one attached hydrogen (secondary N) is 1. The molecular weight excluding hydrogens is 393 g/mol. The fourth-order valence-corrected chi connectivity index (χ4v) is 5.34. The Hall–Kier alpha value is -3.09. The van der Waals surface area contributed by atoms with Crippen LogP contribution in [0.15, 0.2) is 69.9 Å². The molecule has 3 heterocycles. The zero-order valence-corrected chi connectivity index (χ0v) is 18.2. The van der Waals surface area contributed by atoms with E-state index in [1.165, 1.54) is 0 Å². The molecule has 0 spiro atoms. The maximum atomic E-state index is 15.7. The summed E-state index contributed by atoms with van der Waals surface area (Å²) < 4.78 is 17.5. The first-order valence-electron chi connectivity index (χ1n) is 10.7. The Kier molecular flexibility index (Phi) is 4.29. The molecule has 0 fully saturated rings. The van der Waals surface area contributed by atoms with Crippen molar-refractivity contribution in [3.63, 3.8) is 0 Å². The normalized spacial score (nSPS) is 28.8.